The first-order valence-corrected chi connectivity index (χ1v) is 14.9. The van der Waals surface area contributed by atoms with Crippen molar-refractivity contribution in [1.82, 2.24) is 9.80 Å². The van der Waals surface area contributed by atoms with E-state index in [0.29, 0.717) is 42.4 Å². The lowest BCUT2D eigenvalue weighted by molar-refractivity contribution is -0.205. The highest BCUT2D eigenvalue weighted by Crippen LogP contribution is 2.49. The fraction of sp³-hybridized carbons (Fsp3) is 0.515. The maximum absolute atomic E-state index is 15.5. The Morgan fingerprint density at radius 1 is 1.14 bits per heavy atom. The lowest BCUT2D eigenvalue weighted by atomic mass is 9.64. The van der Waals surface area contributed by atoms with Gasteiger partial charge in [-0.3, -0.25) is 9.59 Å². The summed E-state index contributed by atoms with van der Waals surface area (Å²) in [5.41, 5.74) is -1.57. The molecule has 228 valence electrons. The molecule has 0 unspecified atom stereocenters. The lowest BCUT2D eigenvalue weighted by Gasteiger charge is -2.48. The zero-order valence-electron chi connectivity index (χ0n) is 24.7. The van der Waals surface area contributed by atoms with Gasteiger partial charge in [0, 0.05) is 39.2 Å². The van der Waals surface area contributed by atoms with Gasteiger partial charge >= 0.3 is 0 Å². The van der Waals surface area contributed by atoms with Crippen LogP contribution in [0.2, 0.25) is 5.02 Å². The maximum Gasteiger partial charge on any atom is 0.292 e. The number of carbonyl (C=O) groups excluding carboxylic acids is 2. The number of ether oxygens (including phenoxy) is 1. The van der Waals surface area contributed by atoms with E-state index >= 15 is 8.78 Å². The quantitative estimate of drug-likeness (QED) is 0.333. The number of methoxy groups -OCH3 is 1. The molecular weight excluding hydrogens is 562 g/mol. The Morgan fingerprint density at radius 3 is 2.38 bits per heavy atom. The molecule has 2 aliphatic rings. The van der Waals surface area contributed by atoms with Crippen molar-refractivity contribution in [2.75, 3.05) is 34.3 Å². The predicted octanol–water partition coefficient (Wildman–Crippen LogP) is 6.49. The molecule has 4 rings (SSSR count). The first kappa shape index (κ1) is 32.0. The zero-order valence-corrected chi connectivity index (χ0v) is 25.4. The van der Waals surface area contributed by atoms with Crippen LogP contribution >= 0.6 is 11.6 Å². The third-order valence-electron chi connectivity index (χ3n) is 9.20. The molecule has 0 radical (unpaired) electrons. The molecule has 42 heavy (non-hydrogen) atoms. The number of hydrogen-bond acceptors (Lipinski definition) is 4. The first-order chi connectivity index (χ1) is 19.9. The van der Waals surface area contributed by atoms with E-state index in [9.17, 15) is 14.7 Å². The van der Waals surface area contributed by atoms with Crippen LogP contribution in [0.4, 0.5) is 8.78 Å². The third-order valence-corrected chi connectivity index (χ3v) is 9.51. The molecule has 1 aliphatic heterocycles. The van der Waals surface area contributed by atoms with Gasteiger partial charge in [-0.15, -0.1) is 6.58 Å². The fourth-order valence-electron chi connectivity index (χ4n) is 6.51. The van der Waals surface area contributed by atoms with Crippen molar-refractivity contribution in [3.8, 4) is 5.75 Å². The minimum atomic E-state index is -3.76. The molecule has 1 saturated carbocycles. The van der Waals surface area contributed by atoms with Crippen LogP contribution in [0.1, 0.15) is 66.4 Å². The molecule has 1 aliphatic carbocycles. The number of nitrogens with zero attached hydrogens (tertiary/aromatic N) is 2. The molecule has 0 bridgehead atoms. The molecule has 2 amide bonds. The summed E-state index contributed by atoms with van der Waals surface area (Å²) >= 11 is 6.42. The van der Waals surface area contributed by atoms with Crippen LogP contribution < -0.4 is 4.74 Å². The summed E-state index contributed by atoms with van der Waals surface area (Å²) in [6, 6.07) is 11.4. The predicted molar refractivity (Wildman–Crippen MR) is 160 cm³/mol. The normalized spacial score (nSPS) is 18.8. The van der Waals surface area contributed by atoms with Crippen LogP contribution in [0.3, 0.4) is 0 Å². The van der Waals surface area contributed by atoms with Crippen molar-refractivity contribution < 1.29 is 28.2 Å². The number of hydrogen-bond donors (Lipinski definition) is 1. The summed E-state index contributed by atoms with van der Waals surface area (Å²) < 4.78 is 36.1. The highest BCUT2D eigenvalue weighted by atomic mass is 35.5. The summed E-state index contributed by atoms with van der Waals surface area (Å²) in [6.07, 6.45) is 6.51. The smallest absolute Gasteiger partial charge is 0.292 e. The second-order valence-electron chi connectivity index (χ2n) is 12.1. The molecule has 1 N–H and O–H groups in total. The van der Waals surface area contributed by atoms with Crippen molar-refractivity contribution in [1.29, 1.82) is 0 Å². The van der Waals surface area contributed by atoms with Crippen LogP contribution in [-0.2, 0) is 16.8 Å². The molecular formula is C33H41ClF2N2O4. The van der Waals surface area contributed by atoms with Gasteiger partial charge in [-0.05, 0) is 86.1 Å². The molecule has 1 saturated heterocycles. The van der Waals surface area contributed by atoms with Crippen LogP contribution in [-0.4, -0.2) is 66.9 Å². The Morgan fingerprint density at radius 2 is 1.81 bits per heavy atom. The number of halogens is 3. The second-order valence-corrected chi connectivity index (χ2v) is 12.5. The fourth-order valence-corrected chi connectivity index (χ4v) is 6.79. The van der Waals surface area contributed by atoms with Gasteiger partial charge in [-0.25, -0.2) is 8.78 Å². The van der Waals surface area contributed by atoms with E-state index in [1.807, 2.05) is 12.1 Å². The number of carbonyl (C=O) groups is 2. The van der Waals surface area contributed by atoms with E-state index in [4.69, 9.17) is 16.3 Å². The Kier molecular flexibility index (Phi) is 9.68. The van der Waals surface area contributed by atoms with E-state index in [1.54, 1.807) is 26.2 Å². The highest BCUT2D eigenvalue weighted by molar-refractivity contribution is 6.33. The van der Waals surface area contributed by atoms with Crippen LogP contribution in [0.5, 0.6) is 5.75 Å². The van der Waals surface area contributed by atoms with Gasteiger partial charge in [0.05, 0.1) is 17.7 Å². The number of allylic oxidation sites excluding steroid dienone is 1. The van der Waals surface area contributed by atoms with Crippen LogP contribution in [0.15, 0.2) is 55.1 Å². The summed E-state index contributed by atoms with van der Waals surface area (Å²) in [7, 11) is 4.80. The summed E-state index contributed by atoms with van der Waals surface area (Å²) in [6.45, 7) is 4.04. The second kappa shape index (κ2) is 12.7. The Labute approximate surface area is 252 Å². The van der Waals surface area contributed by atoms with E-state index in [-0.39, 0.29) is 22.6 Å². The molecule has 1 atom stereocenters. The monoisotopic (exact) mass is 602 g/mol. The number of rotatable bonds is 9. The van der Waals surface area contributed by atoms with Gasteiger partial charge in [0.25, 0.3) is 17.7 Å². The van der Waals surface area contributed by atoms with Gasteiger partial charge in [0.15, 0.2) is 0 Å². The van der Waals surface area contributed by atoms with Gasteiger partial charge in [-0.1, -0.05) is 35.9 Å². The van der Waals surface area contributed by atoms with Crippen LogP contribution in [0.25, 0.3) is 0 Å². The molecule has 9 heteroatoms. The molecule has 2 aromatic carbocycles. The van der Waals surface area contributed by atoms with E-state index < -0.39 is 23.9 Å². The van der Waals surface area contributed by atoms with Gasteiger partial charge in [0.1, 0.15) is 5.75 Å². The topological polar surface area (TPSA) is 70.1 Å². The Balaban J connectivity index is 1.40. The molecule has 1 heterocycles. The number of benzene rings is 2. The number of likely N-dealkylation sites (tertiary alicyclic amines) is 1. The summed E-state index contributed by atoms with van der Waals surface area (Å²) in [5.74, 6) is -4.10. The van der Waals surface area contributed by atoms with Crippen molar-refractivity contribution in [2.45, 2.75) is 62.9 Å². The van der Waals surface area contributed by atoms with Crippen molar-refractivity contribution >= 4 is 23.4 Å². The number of alkyl halides is 2. The maximum atomic E-state index is 15.5. The lowest BCUT2D eigenvalue weighted by Crippen LogP contribution is -2.59. The van der Waals surface area contributed by atoms with Crippen molar-refractivity contribution in [3.63, 3.8) is 0 Å². The summed E-state index contributed by atoms with van der Waals surface area (Å²) in [5, 5.41) is 11.9. The van der Waals surface area contributed by atoms with Crippen molar-refractivity contribution in [2.24, 2.45) is 11.3 Å². The Bertz CT molecular complexity index is 1300. The third kappa shape index (κ3) is 6.35. The SMILES string of the molecule is C=CCC(F)(F)[C@](O)(C(=O)N1CCC2(CCC(Cc3ccc(C(=O)N(C)C)c(Cl)c3)CC2)CC1)c1cccc(OC)c1. The van der Waals surface area contributed by atoms with Crippen molar-refractivity contribution in [3.05, 3.63) is 76.8 Å². The standard InChI is InChI=1S/C33H41ClF2N2O4/c1-5-13-32(35,36)33(41,25-7-6-8-26(22-25)42-4)30(40)38-18-16-31(17-19-38)14-11-23(12-15-31)20-24-9-10-27(28(34)21-24)29(39)37(2)3/h5-10,21-23,41H,1,11-20H2,2-4H3/t33-/m1/s1. The van der Waals surface area contributed by atoms with E-state index in [2.05, 4.69) is 6.58 Å². The Hall–Kier alpha value is -2.97. The summed E-state index contributed by atoms with van der Waals surface area (Å²) in [4.78, 5) is 28.9. The minimum absolute atomic E-state index is 0.0601. The van der Waals surface area contributed by atoms with Gasteiger partial charge in [-0.2, -0.15) is 0 Å². The first-order valence-electron chi connectivity index (χ1n) is 14.5. The van der Waals surface area contributed by atoms with Gasteiger partial charge in [0.2, 0.25) is 5.60 Å². The van der Waals surface area contributed by atoms with E-state index in [1.165, 1.54) is 35.1 Å². The van der Waals surface area contributed by atoms with Gasteiger partial charge < -0.3 is 19.6 Å². The highest BCUT2D eigenvalue weighted by Gasteiger charge is 2.60. The number of amides is 2. The molecule has 2 aromatic rings. The average molecular weight is 603 g/mol. The molecule has 0 aromatic heterocycles. The molecule has 6 nitrogen and oxygen atoms in total. The molecule has 1 spiro atoms. The van der Waals surface area contributed by atoms with Crippen LogP contribution in [0, 0.1) is 11.3 Å². The average Bonchev–Trinajstić information content (AvgIpc) is 2.97. The van der Waals surface area contributed by atoms with E-state index in [0.717, 1.165) is 43.7 Å². The number of piperidine rings is 1. The zero-order chi connectivity index (χ0) is 30.7. The minimum Gasteiger partial charge on any atom is -0.497 e. The number of aliphatic hydroxyl groups is 1. The largest absolute Gasteiger partial charge is 0.497 e. The molecule has 2 fully saturated rings.